The van der Waals surface area contributed by atoms with Crippen LogP contribution < -0.4 is 4.90 Å². The van der Waals surface area contributed by atoms with E-state index in [1.165, 1.54) is 23.3 Å². The van der Waals surface area contributed by atoms with Gasteiger partial charge in [0.15, 0.2) is 0 Å². The molecule has 2 fully saturated rings. The van der Waals surface area contributed by atoms with Crippen molar-refractivity contribution >= 4 is 11.6 Å². The molecule has 2 aromatic carbocycles. The molecular weight excluding hydrogens is 415 g/mol. The number of piperidine rings is 1. The molecule has 2 heterocycles. The van der Waals surface area contributed by atoms with E-state index in [4.69, 9.17) is 0 Å². The second-order valence-electron chi connectivity index (χ2n) is 8.90. The Labute approximate surface area is 187 Å². The number of carbonyl (C=O) groups is 1. The topological polar surface area (TPSA) is 26.8 Å². The molecule has 32 heavy (non-hydrogen) atoms. The van der Waals surface area contributed by atoms with Crippen LogP contribution in [0.2, 0.25) is 0 Å². The number of aryl methyl sites for hydroxylation is 1. The maximum absolute atomic E-state index is 13.0. The van der Waals surface area contributed by atoms with Gasteiger partial charge in [0.25, 0.3) is 0 Å². The first-order valence-corrected chi connectivity index (χ1v) is 11.3. The number of alkyl halides is 3. The fraction of sp³-hybridized carbons (Fsp3) is 0.480. The highest BCUT2D eigenvalue weighted by Gasteiger charge is 2.32. The number of piperazine rings is 1. The first-order valence-electron chi connectivity index (χ1n) is 11.3. The Morgan fingerprint density at radius 2 is 1.62 bits per heavy atom. The smallest absolute Gasteiger partial charge is 0.368 e. The number of benzene rings is 2. The number of hydrogen-bond acceptors (Lipinski definition) is 3. The van der Waals surface area contributed by atoms with Crippen molar-refractivity contribution in [3.63, 3.8) is 0 Å². The van der Waals surface area contributed by atoms with Gasteiger partial charge < -0.3 is 9.80 Å². The van der Waals surface area contributed by atoms with E-state index in [9.17, 15) is 18.0 Å². The van der Waals surface area contributed by atoms with Gasteiger partial charge in [-0.1, -0.05) is 35.9 Å². The average Bonchev–Trinajstić information content (AvgIpc) is 2.79. The lowest BCUT2D eigenvalue weighted by Crippen LogP contribution is -2.51. The molecule has 7 heteroatoms. The Morgan fingerprint density at radius 3 is 2.28 bits per heavy atom. The van der Waals surface area contributed by atoms with E-state index in [2.05, 4.69) is 36.1 Å². The molecule has 0 bridgehead atoms. The van der Waals surface area contributed by atoms with Crippen LogP contribution in [0.4, 0.5) is 18.9 Å². The highest BCUT2D eigenvalue weighted by Crippen LogP contribution is 2.32. The zero-order chi connectivity index (χ0) is 22.7. The maximum atomic E-state index is 13.0. The van der Waals surface area contributed by atoms with Crippen LogP contribution in [0.1, 0.15) is 29.5 Å². The van der Waals surface area contributed by atoms with E-state index in [1.54, 1.807) is 6.07 Å². The molecule has 2 aliphatic heterocycles. The quantitative estimate of drug-likeness (QED) is 0.690. The lowest BCUT2D eigenvalue weighted by atomic mass is 9.94. The molecule has 4 rings (SSSR count). The van der Waals surface area contributed by atoms with E-state index < -0.39 is 11.7 Å². The van der Waals surface area contributed by atoms with Crippen molar-refractivity contribution in [1.82, 2.24) is 9.80 Å². The number of halogens is 3. The summed E-state index contributed by atoms with van der Waals surface area (Å²) in [5.41, 5.74) is 2.50. The van der Waals surface area contributed by atoms with Crippen LogP contribution >= 0.6 is 0 Å². The zero-order valence-corrected chi connectivity index (χ0v) is 18.4. The van der Waals surface area contributed by atoms with E-state index in [0.29, 0.717) is 31.9 Å². The first-order chi connectivity index (χ1) is 15.3. The Hall–Kier alpha value is -2.54. The summed E-state index contributed by atoms with van der Waals surface area (Å²) >= 11 is 0. The van der Waals surface area contributed by atoms with Crippen molar-refractivity contribution < 1.29 is 18.0 Å². The van der Waals surface area contributed by atoms with Crippen molar-refractivity contribution in [1.29, 1.82) is 0 Å². The standard InChI is InChI=1S/C25H30F3N3O/c1-19-4-2-5-20(16-19)18-29-10-8-21(9-11-29)24(32)31-14-12-30(13-15-31)23-7-3-6-22(17-23)25(26,27)28/h2-7,16-17,21H,8-15,18H2,1H3. The van der Waals surface area contributed by atoms with Gasteiger partial charge in [-0.05, 0) is 56.6 Å². The Morgan fingerprint density at radius 1 is 0.938 bits per heavy atom. The molecule has 0 unspecified atom stereocenters. The van der Waals surface area contributed by atoms with E-state index in [-0.39, 0.29) is 11.8 Å². The maximum Gasteiger partial charge on any atom is 0.416 e. The van der Waals surface area contributed by atoms with E-state index in [0.717, 1.165) is 38.5 Å². The Balaban J connectivity index is 1.26. The number of rotatable bonds is 4. The van der Waals surface area contributed by atoms with Crippen LogP contribution in [0, 0.1) is 12.8 Å². The van der Waals surface area contributed by atoms with Gasteiger partial charge in [-0.2, -0.15) is 13.2 Å². The molecule has 2 aromatic rings. The molecule has 0 saturated carbocycles. The molecule has 0 spiro atoms. The van der Waals surface area contributed by atoms with Gasteiger partial charge in [0.1, 0.15) is 0 Å². The minimum Gasteiger partial charge on any atom is -0.368 e. The second kappa shape index (κ2) is 9.53. The van der Waals surface area contributed by atoms with Crippen molar-refractivity contribution in [2.24, 2.45) is 5.92 Å². The SMILES string of the molecule is Cc1cccc(CN2CCC(C(=O)N3CCN(c4cccc(C(F)(F)F)c4)CC3)CC2)c1. The molecule has 0 N–H and O–H groups in total. The molecule has 0 aliphatic carbocycles. The third-order valence-electron chi connectivity index (χ3n) is 6.56. The molecule has 172 valence electrons. The fourth-order valence-corrected chi connectivity index (χ4v) is 4.73. The summed E-state index contributed by atoms with van der Waals surface area (Å²) in [6, 6.07) is 14.0. The summed E-state index contributed by atoms with van der Waals surface area (Å²) in [7, 11) is 0. The third-order valence-corrected chi connectivity index (χ3v) is 6.56. The van der Waals surface area contributed by atoms with Crippen molar-refractivity contribution in [3.05, 3.63) is 65.2 Å². The van der Waals surface area contributed by atoms with Crippen LogP contribution in [0.5, 0.6) is 0 Å². The molecule has 4 nitrogen and oxygen atoms in total. The average molecular weight is 446 g/mol. The highest BCUT2D eigenvalue weighted by molar-refractivity contribution is 5.79. The number of hydrogen-bond donors (Lipinski definition) is 0. The van der Waals surface area contributed by atoms with Crippen molar-refractivity contribution in [3.8, 4) is 0 Å². The highest BCUT2D eigenvalue weighted by atomic mass is 19.4. The lowest BCUT2D eigenvalue weighted by molar-refractivity contribution is -0.138. The lowest BCUT2D eigenvalue weighted by Gasteiger charge is -2.39. The molecule has 1 amide bonds. The Bertz CT molecular complexity index is 930. The van der Waals surface area contributed by atoms with Crippen LogP contribution in [-0.2, 0) is 17.5 Å². The largest absolute Gasteiger partial charge is 0.416 e. The number of amides is 1. The minimum atomic E-state index is -4.35. The van der Waals surface area contributed by atoms with Gasteiger partial charge in [-0.3, -0.25) is 9.69 Å². The summed E-state index contributed by atoms with van der Waals surface area (Å²) < 4.78 is 39.0. The van der Waals surface area contributed by atoms with Crippen molar-refractivity contribution in [2.45, 2.75) is 32.5 Å². The summed E-state index contributed by atoms with van der Waals surface area (Å²) in [5, 5.41) is 0. The third kappa shape index (κ3) is 5.44. The zero-order valence-electron chi connectivity index (χ0n) is 18.4. The number of nitrogens with zero attached hydrogens (tertiary/aromatic N) is 3. The van der Waals surface area contributed by atoms with Gasteiger partial charge >= 0.3 is 6.18 Å². The molecule has 2 aliphatic rings. The fourth-order valence-electron chi connectivity index (χ4n) is 4.73. The van der Waals surface area contributed by atoms with Crippen LogP contribution in [-0.4, -0.2) is 55.0 Å². The molecule has 0 radical (unpaired) electrons. The normalized spacial score (nSPS) is 18.8. The van der Waals surface area contributed by atoms with Gasteiger partial charge in [-0.15, -0.1) is 0 Å². The summed E-state index contributed by atoms with van der Waals surface area (Å²) in [4.78, 5) is 19.3. The van der Waals surface area contributed by atoms with Crippen LogP contribution in [0.15, 0.2) is 48.5 Å². The monoisotopic (exact) mass is 445 g/mol. The molecular formula is C25H30F3N3O. The molecule has 0 atom stereocenters. The summed E-state index contributed by atoms with van der Waals surface area (Å²) in [6.07, 6.45) is -2.63. The van der Waals surface area contributed by atoms with Gasteiger partial charge in [0.2, 0.25) is 5.91 Å². The molecule has 2 saturated heterocycles. The van der Waals surface area contributed by atoms with Gasteiger partial charge in [0, 0.05) is 44.3 Å². The predicted molar refractivity (Wildman–Crippen MR) is 119 cm³/mol. The van der Waals surface area contributed by atoms with Crippen LogP contribution in [0.25, 0.3) is 0 Å². The van der Waals surface area contributed by atoms with E-state index in [1.807, 2.05) is 9.80 Å². The van der Waals surface area contributed by atoms with E-state index >= 15 is 0 Å². The number of anilines is 1. The van der Waals surface area contributed by atoms with Crippen LogP contribution in [0.3, 0.4) is 0 Å². The summed E-state index contributed by atoms with van der Waals surface area (Å²) in [6.45, 7) is 7.05. The number of carbonyl (C=O) groups excluding carboxylic acids is 1. The van der Waals surface area contributed by atoms with Gasteiger partial charge in [0.05, 0.1) is 5.56 Å². The first kappa shape index (κ1) is 22.6. The van der Waals surface area contributed by atoms with Gasteiger partial charge in [-0.25, -0.2) is 0 Å². The molecule has 0 aromatic heterocycles. The van der Waals surface area contributed by atoms with Crippen molar-refractivity contribution in [2.75, 3.05) is 44.2 Å². The predicted octanol–water partition coefficient (Wildman–Crippen LogP) is 4.57. The number of likely N-dealkylation sites (tertiary alicyclic amines) is 1. The Kier molecular flexibility index (Phi) is 6.74. The second-order valence-corrected chi connectivity index (χ2v) is 8.90. The summed E-state index contributed by atoms with van der Waals surface area (Å²) in [5.74, 6) is 0.243. The minimum absolute atomic E-state index is 0.0452.